The maximum absolute atomic E-state index is 11.4. The normalized spacial score (nSPS) is 11.8. The minimum absolute atomic E-state index is 0.0988. The van der Waals surface area contributed by atoms with E-state index in [1.807, 2.05) is 10.8 Å². The Morgan fingerprint density at radius 3 is 2.81 bits per heavy atom. The van der Waals surface area contributed by atoms with E-state index < -0.39 is 10.0 Å². The number of aryl methyl sites for hydroxylation is 1. The lowest BCUT2D eigenvalue weighted by Gasteiger charge is -2.06. The Labute approximate surface area is 101 Å². The lowest BCUT2D eigenvalue weighted by atomic mass is 10.4. The summed E-state index contributed by atoms with van der Waals surface area (Å²) in [7, 11) is -3.14. The topological polar surface area (TPSA) is 64.0 Å². The minimum Gasteiger partial charge on any atom is -0.337 e. The van der Waals surface area contributed by atoms with Crippen molar-refractivity contribution >= 4 is 21.6 Å². The Morgan fingerprint density at radius 1 is 1.38 bits per heavy atom. The molecule has 0 bridgehead atoms. The zero-order chi connectivity index (χ0) is 11.9. The summed E-state index contributed by atoms with van der Waals surface area (Å²) in [6.07, 6.45) is 6.49. The maximum atomic E-state index is 11.4. The smallest absolute Gasteiger partial charge is 0.211 e. The minimum atomic E-state index is -3.14. The van der Waals surface area contributed by atoms with Crippen LogP contribution in [0.4, 0.5) is 0 Å². The van der Waals surface area contributed by atoms with Gasteiger partial charge in [0.15, 0.2) is 0 Å². The number of aromatic nitrogens is 2. The number of hydrogen-bond acceptors (Lipinski definition) is 3. The van der Waals surface area contributed by atoms with E-state index in [0.717, 1.165) is 13.0 Å². The van der Waals surface area contributed by atoms with Crippen LogP contribution in [0.3, 0.4) is 0 Å². The molecule has 0 radical (unpaired) electrons. The highest BCUT2D eigenvalue weighted by molar-refractivity contribution is 7.89. The number of hydrogen-bond donors (Lipinski definition) is 1. The molecule has 0 amide bonds. The van der Waals surface area contributed by atoms with Gasteiger partial charge in [0.1, 0.15) is 0 Å². The van der Waals surface area contributed by atoms with E-state index in [4.69, 9.17) is 11.6 Å². The van der Waals surface area contributed by atoms with Crippen molar-refractivity contribution in [3.63, 3.8) is 0 Å². The highest BCUT2D eigenvalue weighted by atomic mass is 35.5. The third-order valence-corrected chi connectivity index (χ3v) is 3.76. The fourth-order valence-corrected chi connectivity index (χ4v) is 2.64. The SMILES string of the molecule is O=S(=O)(CCCCl)NCCCn1ccnc1. The number of halogens is 1. The third kappa shape index (κ3) is 5.48. The molecule has 0 aliphatic carbocycles. The molecule has 1 N–H and O–H groups in total. The van der Waals surface area contributed by atoms with Crippen LogP contribution in [0.5, 0.6) is 0 Å². The van der Waals surface area contributed by atoms with Gasteiger partial charge in [-0.05, 0) is 12.8 Å². The summed E-state index contributed by atoms with van der Waals surface area (Å²) in [6.45, 7) is 1.21. The Hall–Kier alpha value is -0.590. The second-order valence-corrected chi connectivity index (χ2v) is 5.71. The van der Waals surface area contributed by atoms with Gasteiger partial charge in [-0.3, -0.25) is 0 Å². The number of rotatable bonds is 8. The average molecular weight is 266 g/mol. The first-order chi connectivity index (χ1) is 7.64. The molecule has 1 aromatic heterocycles. The number of alkyl halides is 1. The van der Waals surface area contributed by atoms with E-state index in [9.17, 15) is 8.42 Å². The number of sulfonamides is 1. The Bertz CT molecular complexity index is 377. The van der Waals surface area contributed by atoms with Crippen LogP contribution in [0.1, 0.15) is 12.8 Å². The predicted molar refractivity (Wildman–Crippen MR) is 64.0 cm³/mol. The Morgan fingerprint density at radius 2 is 2.19 bits per heavy atom. The second kappa shape index (κ2) is 6.88. The molecule has 0 aliphatic heterocycles. The van der Waals surface area contributed by atoms with Gasteiger partial charge in [-0.25, -0.2) is 18.1 Å². The van der Waals surface area contributed by atoms with Crippen molar-refractivity contribution in [1.29, 1.82) is 0 Å². The molecule has 0 atom stereocenters. The molecule has 0 fully saturated rings. The molecular weight excluding hydrogens is 250 g/mol. The van der Waals surface area contributed by atoms with Gasteiger partial charge in [-0.1, -0.05) is 0 Å². The molecule has 0 saturated carbocycles. The number of nitrogens with one attached hydrogen (secondary N) is 1. The fraction of sp³-hybridized carbons (Fsp3) is 0.667. The number of imidazole rings is 1. The van der Waals surface area contributed by atoms with Crippen LogP contribution in [0, 0.1) is 0 Å². The Balaban J connectivity index is 2.15. The molecule has 0 aliphatic rings. The summed E-state index contributed by atoms with van der Waals surface area (Å²) >= 11 is 5.43. The lowest BCUT2D eigenvalue weighted by molar-refractivity contribution is 0.569. The predicted octanol–water partition coefficient (Wildman–Crippen LogP) is 0.821. The van der Waals surface area contributed by atoms with Gasteiger partial charge < -0.3 is 4.57 Å². The summed E-state index contributed by atoms with van der Waals surface area (Å²) in [6, 6.07) is 0. The van der Waals surface area contributed by atoms with Crippen LogP contribution >= 0.6 is 11.6 Å². The van der Waals surface area contributed by atoms with Crippen molar-refractivity contribution in [2.45, 2.75) is 19.4 Å². The molecule has 5 nitrogen and oxygen atoms in total. The van der Waals surface area contributed by atoms with E-state index in [-0.39, 0.29) is 5.75 Å². The maximum Gasteiger partial charge on any atom is 0.211 e. The third-order valence-electron chi connectivity index (χ3n) is 2.02. The van der Waals surface area contributed by atoms with Crippen LogP contribution in [0.2, 0.25) is 0 Å². The summed E-state index contributed by atoms with van der Waals surface area (Å²) in [5.41, 5.74) is 0. The molecule has 1 rings (SSSR count). The van der Waals surface area contributed by atoms with Crippen LogP contribution in [0.25, 0.3) is 0 Å². The van der Waals surface area contributed by atoms with Crippen molar-refractivity contribution in [1.82, 2.24) is 14.3 Å². The first kappa shape index (κ1) is 13.5. The molecule has 0 spiro atoms. The first-order valence-electron chi connectivity index (χ1n) is 5.13. The summed E-state index contributed by atoms with van der Waals surface area (Å²) in [5.74, 6) is 0.470. The van der Waals surface area contributed by atoms with E-state index in [1.54, 1.807) is 12.5 Å². The molecule has 16 heavy (non-hydrogen) atoms. The molecule has 7 heteroatoms. The monoisotopic (exact) mass is 265 g/mol. The number of nitrogens with zero attached hydrogens (tertiary/aromatic N) is 2. The zero-order valence-corrected chi connectivity index (χ0v) is 10.5. The Kier molecular flexibility index (Phi) is 5.79. The van der Waals surface area contributed by atoms with Crippen LogP contribution < -0.4 is 4.72 Å². The summed E-state index contributed by atoms with van der Waals surface area (Å²) in [5, 5.41) is 0. The average Bonchev–Trinajstić information content (AvgIpc) is 2.75. The summed E-state index contributed by atoms with van der Waals surface area (Å²) < 4.78 is 27.2. The molecular formula is C9H16ClN3O2S. The van der Waals surface area contributed by atoms with Crippen molar-refractivity contribution in [3.8, 4) is 0 Å². The van der Waals surface area contributed by atoms with Gasteiger partial charge in [0.05, 0.1) is 12.1 Å². The largest absolute Gasteiger partial charge is 0.337 e. The highest BCUT2D eigenvalue weighted by Gasteiger charge is 2.07. The van der Waals surface area contributed by atoms with Crippen molar-refractivity contribution in [2.24, 2.45) is 0 Å². The molecule has 1 aromatic rings. The molecule has 0 unspecified atom stereocenters. The van der Waals surface area contributed by atoms with E-state index in [1.165, 1.54) is 0 Å². The van der Waals surface area contributed by atoms with Crippen molar-refractivity contribution in [3.05, 3.63) is 18.7 Å². The van der Waals surface area contributed by atoms with Crippen LogP contribution in [-0.2, 0) is 16.6 Å². The van der Waals surface area contributed by atoms with Gasteiger partial charge in [0, 0.05) is 31.4 Å². The van der Waals surface area contributed by atoms with Crippen molar-refractivity contribution < 1.29 is 8.42 Å². The quantitative estimate of drug-likeness (QED) is 0.559. The van der Waals surface area contributed by atoms with Gasteiger partial charge in [0.2, 0.25) is 10.0 Å². The van der Waals surface area contributed by atoms with Gasteiger partial charge in [-0.2, -0.15) is 0 Å². The van der Waals surface area contributed by atoms with Gasteiger partial charge in [0.25, 0.3) is 0 Å². The van der Waals surface area contributed by atoms with E-state index in [2.05, 4.69) is 9.71 Å². The van der Waals surface area contributed by atoms with Crippen molar-refractivity contribution in [2.75, 3.05) is 18.2 Å². The highest BCUT2D eigenvalue weighted by Crippen LogP contribution is 1.94. The van der Waals surface area contributed by atoms with E-state index >= 15 is 0 Å². The molecule has 1 heterocycles. The van der Waals surface area contributed by atoms with Gasteiger partial charge >= 0.3 is 0 Å². The van der Waals surface area contributed by atoms with E-state index in [0.29, 0.717) is 18.8 Å². The standard InChI is InChI=1S/C9H16ClN3O2S/c10-3-1-8-16(14,15)12-4-2-6-13-7-5-11-9-13/h5,7,9,12H,1-4,6,8H2. The fourth-order valence-electron chi connectivity index (χ4n) is 1.23. The van der Waals surface area contributed by atoms with Crippen LogP contribution in [0.15, 0.2) is 18.7 Å². The van der Waals surface area contributed by atoms with Gasteiger partial charge in [-0.15, -0.1) is 11.6 Å². The van der Waals surface area contributed by atoms with Crippen LogP contribution in [-0.4, -0.2) is 36.1 Å². The first-order valence-corrected chi connectivity index (χ1v) is 7.32. The summed E-state index contributed by atoms with van der Waals surface area (Å²) in [4.78, 5) is 3.90. The second-order valence-electron chi connectivity index (χ2n) is 3.41. The zero-order valence-electron chi connectivity index (χ0n) is 8.97. The molecule has 0 aromatic carbocycles. The molecule has 92 valence electrons. The lowest BCUT2D eigenvalue weighted by Crippen LogP contribution is -2.28. The molecule has 0 saturated heterocycles.